The monoisotopic (exact) mass is 515 g/mol. The van der Waals surface area contributed by atoms with Crippen LogP contribution in [0.1, 0.15) is 73.8 Å². The molecule has 200 valence electrons. The summed E-state index contributed by atoms with van der Waals surface area (Å²) in [6.45, 7) is 12.4. The lowest BCUT2D eigenvalue weighted by Gasteiger charge is -2.25. The minimum absolute atomic E-state index is 0.00832. The number of ketones is 1. The van der Waals surface area contributed by atoms with Crippen LogP contribution < -0.4 is 15.0 Å². The van der Waals surface area contributed by atoms with Gasteiger partial charge in [0.25, 0.3) is 5.91 Å². The number of hydrogen-bond acceptors (Lipinski definition) is 6. The van der Waals surface area contributed by atoms with E-state index in [1.807, 2.05) is 53.4 Å². The number of nitrogens with zero attached hydrogens (tertiary/aromatic N) is 3. The average molecular weight is 516 g/mol. The SMILES string of the molecule is CC(=O)C1c2[nH]nc(NC(=O)c3ccc(C(C)(C)C)cc3)c2CN1c1ccc(OCCN2CCCC2)cc1. The van der Waals surface area contributed by atoms with E-state index in [1.54, 1.807) is 6.92 Å². The summed E-state index contributed by atoms with van der Waals surface area (Å²) < 4.78 is 5.95. The smallest absolute Gasteiger partial charge is 0.256 e. The van der Waals surface area contributed by atoms with Crippen LogP contribution in [0, 0.1) is 0 Å². The number of rotatable bonds is 8. The van der Waals surface area contributed by atoms with Crippen LogP contribution in [0.3, 0.4) is 0 Å². The molecule has 2 N–H and O–H groups in total. The maximum atomic E-state index is 13.0. The van der Waals surface area contributed by atoms with Gasteiger partial charge in [0.15, 0.2) is 11.6 Å². The first-order valence-corrected chi connectivity index (χ1v) is 13.4. The molecular weight excluding hydrogens is 478 g/mol. The molecule has 8 heteroatoms. The summed E-state index contributed by atoms with van der Waals surface area (Å²) in [7, 11) is 0. The number of ether oxygens (including phenoxy) is 1. The number of hydrogen-bond donors (Lipinski definition) is 2. The van der Waals surface area contributed by atoms with Crippen LogP contribution in [0.15, 0.2) is 48.5 Å². The third kappa shape index (κ3) is 5.45. The van der Waals surface area contributed by atoms with Gasteiger partial charge in [-0.05, 0) is 80.2 Å². The molecule has 1 amide bonds. The van der Waals surface area contributed by atoms with Crippen molar-refractivity contribution in [3.8, 4) is 5.75 Å². The maximum absolute atomic E-state index is 13.0. The zero-order chi connectivity index (χ0) is 26.9. The zero-order valence-electron chi connectivity index (χ0n) is 22.7. The molecule has 2 aliphatic heterocycles. The van der Waals surface area contributed by atoms with Crippen LogP contribution in [0.2, 0.25) is 0 Å². The second-order valence-electron chi connectivity index (χ2n) is 11.3. The molecule has 2 aliphatic rings. The molecule has 3 heterocycles. The van der Waals surface area contributed by atoms with Crippen molar-refractivity contribution < 1.29 is 14.3 Å². The molecule has 2 aromatic carbocycles. The summed E-state index contributed by atoms with van der Waals surface area (Å²) in [6, 6.07) is 15.0. The number of carbonyl (C=O) groups is 2. The first kappa shape index (κ1) is 26.0. The van der Waals surface area contributed by atoms with Crippen molar-refractivity contribution in [2.75, 3.05) is 36.5 Å². The largest absolute Gasteiger partial charge is 0.492 e. The Morgan fingerprint density at radius 3 is 2.37 bits per heavy atom. The molecule has 0 radical (unpaired) electrons. The third-order valence-corrected chi connectivity index (χ3v) is 7.49. The summed E-state index contributed by atoms with van der Waals surface area (Å²) in [5.41, 5.74) is 4.21. The number of amides is 1. The fourth-order valence-corrected chi connectivity index (χ4v) is 5.28. The summed E-state index contributed by atoms with van der Waals surface area (Å²) in [5, 5.41) is 10.3. The fourth-order valence-electron chi connectivity index (χ4n) is 5.28. The topological polar surface area (TPSA) is 90.6 Å². The molecule has 0 spiro atoms. The van der Waals surface area contributed by atoms with Crippen LogP contribution in [-0.2, 0) is 16.8 Å². The summed E-state index contributed by atoms with van der Waals surface area (Å²) in [6.07, 6.45) is 2.55. The molecule has 0 saturated carbocycles. The van der Waals surface area contributed by atoms with E-state index in [4.69, 9.17) is 4.74 Å². The number of carbonyl (C=O) groups excluding carboxylic acids is 2. The van der Waals surface area contributed by atoms with E-state index in [1.165, 1.54) is 12.8 Å². The molecule has 0 bridgehead atoms. The van der Waals surface area contributed by atoms with Crippen LogP contribution in [-0.4, -0.2) is 53.0 Å². The lowest BCUT2D eigenvalue weighted by Crippen LogP contribution is -2.27. The van der Waals surface area contributed by atoms with E-state index in [0.717, 1.165) is 47.9 Å². The number of benzene rings is 2. The van der Waals surface area contributed by atoms with E-state index in [-0.39, 0.29) is 17.1 Å². The average Bonchev–Trinajstić information content (AvgIpc) is 3.62. The molecule has 1 unspecified atom stereocenters. The third-order valence-electron chi connectivity index (χ3n) is 7.49. The Bertz CT molecular complexity index is 1280. The molecule has 1 atom stereocenters. The molecule has 0 aliphatic carbocycles. The zero-order valence-corrected chi connectivity index (χ0v) is 22.7. The van der Waals surface area contributed by atoms with Gasteiger partial charge in [-0.25, -0.2) is 0 Å². The Hall–Kier alpha value is -3.65. The highest BCUT2D eigenvalue weighted by Gasteiger charge is 2.38. The molecule has 38 heavy (non-hydrogen) atoms. The van der Waals surface area contributed by atoms with Crippen molar-refractivity contribution in [1.29, 1.82) is 0 Å². The first-order chi connectivity index (χ1) is 18.2. The number of anilines is 2. The quantitative estimate of drug-likeness (QED) is 0.435. The van der Waals surface area contributed by atoms with Gasteiger partial charge in [0, 0.05) is 29.9 Å². The minimum Gasteiger partial charge on any atom is -0.492 e. The van der Waals surface area contributed by atoms with E-state index < -0.39 is 6.04 Å². The van der Waals surface area contributed by atoms with Crippen LogP contribution in [0.4, 0.5) is 11.5 Å². The van der Waals surface area contributed by atoms with Crippen molar-refractivity contribution in [2.45, 2.75) is 58.5 Å². The normalized spacial score (nSPS) is 17.5. The molecule has 5 rings (SSSR count). The highest BCUT2D eigenvalue weighted by atomic mass is 16.5. The van der Waals surface area contributed by atoms with Gasteiger partial charge in [-0.3, -0.25) is 19.6 Å². The van der Waals surface area contributed by atoms with Gasteiger partial charge >= 0.3 is 0 Å². The maximum Gasteiger partial charge on any atom is 0.256 e. The molecule has 1 fully saturated rings. The molecule has 3 aromatic rings. The summed E-state index contributed by atoms with van der Waals surface area (Å²) in [4.78, 5) is 30.1. The number of fused-ring (bicyclic) bond motifs is 1. The van der Waals surface area contributed by atoms with Crippen LogP contribution in [0.5, 0.6) is 5.75 Å². The Morgan fingerprint density at radius 1 is 1.05 bits per heavy atom. The summed E-state index contributed by atoms with van der Waals surface area (Å²) >= 11 is 0. The molecule has 1 saturated heterocycles. The lowest BCUT2D eigenvalue weighted by atomic mass is 9.87. The Kier molecular flexibility index (Phi) is 7.25. The predicted molar refractivity (Wildman–Crippen MR) is 149 cm³/mol. The van der Waals surface area contributed by atoms with Crippen molar-refractivity contribution in [3.63, 3.8) is 0 Å². The predicted octanol–water partition coefficient (Wildman–Crippen LogP) is 5.08. The van der Waals surface area contributed by atoms with E-state index in [2.05, 4.69) is 41.2 Å². The van der Waals surface area contributed by atoms with Gasteiger partial charge in [-0.2, -0.15) is 5.10 Å². The highest BCUT2D eigenvalue weighted by Crippen LogP contribution is 2.40. The Morgan fingerprint density at radius 2 is 1.74 bits per heavy atom. The standard InChI is InChI=1S/C30H37N5O3/c1-20(36)27-26-25(28(33-32-26)31-29(37)21-7-9-22(10-8-21)30(2,3)4)19-35(27)23-11-13-24(14-12-23)38-18-17-34-15-5-6-16-34/h7-14,27H,5-6,15-19H2,1-4H3,(H2,31,32,33,37). The van der Waals surface area contributed by atoms with E-state index in [0.29, 0.717) is 24.5 Å². The number of nitrogens with one attached hydrogen (secondary N) is 2. The van der Waals surface area contributed by atoms with Crippen molar-refractivity contribution in [1.82, 2.24) is 15.1 Å². The van der Waals surface area contributed by atoms with Crippen LogP contribution >= 0.6 is 0 Å². The highest BCUT2D eigenvalue weighted by molar-refractivity contribution is 6.04. The molecule has 8 nitrogen and oxygen atoms in total. The number of aromatic nitrogens is 2. The Labute approximate surface area is 224 Å². The number of Topliss-reactive ketones (excluding diaryl/α,β-unsaturated/α-hetero) is 1. The minimum atomic E-state index is -0.490. The van der Waals surface area contributed by atoms with Crippen molar-refractivity contribution in [3.05, 3.63) is 70.9 Å². The summed E-state index contributed by atoms with van der Waals surface area (Å²) in [5.74, 6) is 1.06. The second-order valence-corrected chi connectivity index (χ2v) is 11.3. The number of likely N-dealkylation sites (tertiary alicyclic amines) is 1. The fraction of sp³-hybridized carbons (Fsp3) is 0.433. The van der Waals surface area contributed by atoms with Gasteiger partial charge in [0.05, 0.1) is 5.69 Å². The molecule has 1 aromatic heterocycles. The van der Waals surface area contributed by atoms with Gasteiger partial charge in [-0.15, -0.1) is 0 Å². The second kappa shape index (κ2) is 10.6. The van der Waals surface area contributed by atoms with Crippen LogP contribution in [0.25, 0.3) is 0 Å². The van der Waals surface area contributed by atoms with Gasteiger partial charge < -0.3 is 15.0 Å². The van der Waals surface area contributed by atoms with Crippen molar-refractivity contribution in [2.24, 2.45) is 0 Å². The van der Waals surface area contributed by atoms with Gasteiger partial charge in [0.1, 0.15) is 18.4 Å². The van der Waals surface area contributed by atoms with E-state index in [9.17, 15) is 9.59 Å². The molecular formula is C30H37N5O3. The number of aromatic amines is 1. The van der Waals surface area contributed by atoms with Gasteiger partial charge in [0.2, 0.25) is 0 Å². The van der Waals surface area contributed by atoms with E-state index >= 15 is 0 Å². The van der Waals surface area contributed by atoms with Gasteiger partial charge in [-0.1, -0.05) is 32.9 Å². The van der Waals surface area contributed by atoms with Crippen molar-refractivity contribution >= 4 is 23.2 Å². The lowest BCUT2D eigenvalue weighted by molar-refractivity contribution is -0.118. The first-order valence-electron chi connectivity index (χ1n) is 13.4. The Balaban J connectivity index is 1.27. The number of H-pyrrole nitrogens is 1.